The van der Waals surface area contributed by atoms with Crippen molar-refractivity contribution in [1.29, 1.82) is 0 Å². The van der Waals surface area contributed by atoms with Crippen molar-refractivity contribution in [2.45, 2.75) is 13.8 Å². The van der Waals surface area contributed by atoms with Crippen molar-refractivity contribution >= 4 is 29.0 Å². The molecule has 0 unspecified atom stereocenters. The van der Waals surface area contributed by atoms with Gasteiger partial charge in [0.15, 0.2) is 0 Å². The molecule has 5 heteroatoms. The maximum atomic E-state index is 12.1. The van der Waals surface area contributed by atoms with Gasteiger partial charge in [-0.1, -0.05) is 17.7 Å². The highest BCUT2D eigenvalue weighted by Gasteiger charge is 2.35. The summed E-state index contributed by atoms with van der Waals surface area (Å²) in [5.41, 5.74) is 3.18. The molecule has 0 aromatic heterocycles. The Morgan fingerprint density at radius 3 is 2.43 bits per heavy atom. The van der Waals surface area contributed by atoms with Crippen LogP contribution in [0.2, 0.25) is 5.02 Å². The highest BCUT2D eigenvalue weighted by molar-refractivity contribution is 6.52. The van der Waals surface area contributed by atoms with E-state index in [9.17, 15) is 9.59 Å². The minimum absolute atomic E-state index is 0.310. The topological polar surface area (TPSA) is 46.6 Å². The van der Waals surface area contributed by atoms with Crippen molar-refractivity contribution in [3.8, 4) is 5.75 Å². The largest absolute Gasteiger partial charge is 0.492 e. The molecule has 1 heterocycles. The first kappa shape index (κ1) is 15.6. The van der Waals surface area contributed by atoms with Gasteiger partial charge in [-0.05, 0) is 55.3 Å². The van der Waals surface area contributed by atoms with E-state index in [2.05, 4.69) is 6.07 Å². The second-order valence-corrected chi connectivity index (χ2v) is 6.06. The van der Waals surface area contributed by atoms with Crippen LogP contribution in [0.5, 0.6) is 5.75 Å². The smallest absolute Gasteiger partial charge is 0.299 e. The normalized spacial score (nSPS) is 13.4. The molecule has 0 radical (unpaired) electrons. The Morgan fingerprint density at radius 1 is 1.04 bits per heavy atom. The van der Waals surface area contributed by atoms with Crippen molar-refractivity contribution < 1.29 is 14.3 Å². The Labute approximate surface area is 139 Å². The molecule has 3 rings (SSSR count). The highest BCUT2D eigenvalue weighted by atomic mass is 35.5. The quantitative estimate of drug-likeness (QED) is 0.806. The summed E-state index contributed by atoms with van der Waals surface area (Å²) in [6.45, 7) is 4.63. The number of hydrogen-bond donors (Lipinski definition) is 0. The second-order valence-electron chi connectivity index (χ2n) is 5.62. The Morgan fingerprint density at radius 2 is 1.74 bits per heavy atom. The van der Waals surface area contributed by atoms with Crippen molar-refractivity contribution in [1.82, 2.24) is 0 Å². The van der Waals surface area contributed by atoms with E-state index in [0.29, 0.717) is 29.4 Å². The monoisotopic (exact) mass is 329 g/mol. The average Bonchev–Trinajstić information content (AvgIpc) is 2.71. The molecule has 1 amide bonds. The highest BCUT2D eigenvalue weighted by Crippen LogP contribution is 2.31. The van der Waals surface area contributed by atoms with Gasteiger partial charge in [0.25, 0.3) is 11.7 Å². The number of carbonyl (C=O) groups excluding carboxylic acids is 2. The summed E-state index contributed by atoms with van der Waals surface area (Å²) in [6.07, 6.45) is 0. The van der Waals surface area contributed by atoms with Crippen LogP contribution in [-0.2, 0) is 4.79 Å². The zero-order valence-corrected chi connectivity index (χ0v) is 13.7. The number of benzene rings is 2. The lowest BCUT2D eigenvalue weighted by molar-refractivity contribution is -0.114. The summed E-state index contributed by atoms with van der Waals surface area (Å²) in [4.78, 5) is 25.5. The van der Waals surface area contributed by atoms with Crippen LogP contribution in [0.3, 0.4) is 0 Å². The fourth-order valence-corrected chi connectivity index (χ4v) is 2.94. The molecule has 1 aliphatic heterocycles. The SMILES string of the molecule is Cc1cc(C)cc(OCCN2C(=O)C(=O)c3cc(Cl)ccc32)c1. The minimum Gasteiger partial charge on any atom is -0.492 e. The third kappa shape index (κ3) is 3.08. The number of anilines is 1. The lowest BCUT2D eigenvalue weighted by atomic mass is 10.1. The molecule has 4 nitrogen and oxygen atoms in total. The Hall–Kier alpha value is -2.33. The van der Waals surface area contributed by atoms with Gasteiger partial charge in [0.1, 0.15) is 12.4 Å². The molecule has 0 bridgehead atoms. The molecule has 0 saturated heterocycles. The molecule has 0 atom stereocenters. The molecular formula is C18H16ClNO3. The van der Waals surface area contributed by atoms with E-state index in [4.69, 9.17) is 16.3 Å². The molecule has 0 N–H and O–H groups in total. The van der Waals surface area contributed by atoms with Crippen molar-refractivity contribution in [2.24, 2.45) is 0 Å². The third-order valence-corrected chi connectivity index (χ3v) is 3.95. The van der Waals surface area contributed by atoms with Gasteiger partial charge in [0, 0.05) is 5.02 Å². The zero-order valence-electron chi connectivity index (χ0n) is 12.9. The van der Waals surface area contributed by atoms with Gasteiger partial charge in [0.2, 0.25) is 0 Å². The summed E-state index contributed by atoms with van der Waals surface area (Å²) < 4.78 is 5.72. The predicted octanol–water partition coefficient (Wildman–Crippen LogP) is 3.57. The van der Waals surface area contributed by atoms with Crippen LogP contribution in [-0.4, -0.2) is 24.8 Å². The number of ether oxygens (including phenoxy) is 1. The number of amides is 1. The fraction of sp³-hybridized carbons (Fsp3) is 0.222. The fourth-order valence-electron chi connectivity index (χ4n) is 2.77. The van der Waals surface area contributed by atoms with Crippen molar-refractivity contribution in [3.05, 3.63) is 58.1 Å². The van der Waals surface area contributed by atoms with Crippen LogP contribution < -0.4 is 9.64 Å². The molecule has 1 aliphatic rings. The number of halogens is 1. The molecule has 2 aromatic carbocycles. The first-order valence-corrected chi connectivity index (χ1v) is 7.70. The van der Waals surface area contributed by atoms with E-state index in [1.807, 2.05) is 26.0 Å². The number of ketones is 1. The van der Waals surface area contributed by atoms with Crippen molar-refractivity contribution in [2.75, 3.05) is 18.1 Å². The van der Waals surface area contributed by atoms with Crippen LogP contribution in [0, 0.1) is 13.8 Å². The van der Waals surface area contributed by atoms with E-state index >= 15 is 0 Å². The van der Waals surface area contributed by atoms with E-state index < -0.39 is 11.7 Å². The summed E-state index contributed by atoms with van der Waals surface area (Å²) in [6, 6.07) is 10.8. The number of nitrogens with zero attached hydrogens (tertiary/aromatic N) is 1. The molecule has 0 spiro atoms. The van der Waals surface area contributed by atoms with Crippen LogP contribution >= 0.6 is 11.6 Å². The van der Waals surface area contributed by atoms with Crippen LogP contribution in [0.4, 0.5) is 5.69 Å². The van der Waals surface area contributed by atoms with Crippen molar-refractivity contribution in [3.63, 3.8) is 0 Å². The van der Waals surface area contributed by atoms with E-state index in [0.717, 1.165) is 16.9 Å². The lowest BCUT2D eigenvalue weighted by Crippen LogP contribution is -2.33. The maximum absolute atomic E-state index is 12.1. The third-order valence-electron chi connectivity index (χ3n) is 3.71. The number of fused-ring (bicyclic) bond motifs is 1. The number of aryl methyl sites for hydroxylation is 2. The molecule has 0 saturated carbocycles. The van der Waals surface area contributed by atoms with Gasteiger partial charge < -0.3 is 9.64 Å². The van der Waals surface area contributed by atoms with Crippen LogP contribution in [0.15, 0.2) is 36.4 Å². The Bertz CT molecular complexity index is 781. The summed E-state index contributed by atoms with van der Waals surface area (Å²) in [5, 5.41) is 0.443. The van der Waals surface area contributed by atoms with Gasteiger partial charge in [-0.15, -0.1) is 0 Å². The summed E-state index contributed by atoms with van der Waals surface area (Å²) >= 11 is 5.89. The standard InChI is InChI=1S/C18H16ClNO3/c1-11-7-12(2)9-14(8-11)23-6-5-20-16-4-3-13(19)10-15(16)17(21)18(20)22/h3-4,7-10H,5-6H2,1-2H3. The van der Waals surface area contributed by atoms with Crippen LogP contribution in [0.1, 0.15) is 21.5 Å². The maximum Gasteiger partial charge on any atom is 0.299 e. The summed E-state index contributed by atoms with van der Waals surface area (Å²) in [5.74, 6) is -0.294. The van der Waals surface area contributed by atoms with Crippen LogP contribution in [0.25, 0.3) is 0 Å². The molecule has 23 heavy (non-hydrogen) atoms. The van der Waals surface area contributed by atoms with Gasteiger partial charge >= 0.3 is 0 Å². The number of hydrogen-bond acceptors (Lipinski definition) is 3. The first-order valence-electron chi connectivity index (χ1n) is 7.32. The number of Topliss-reactive ketones (excluding diaryl/α,β-unsaturated/α-hetero) is 1. The van der Waals surface area contributed by atoms with Gasteiger partial charge in [-0.3, -0.25) is 9.59 Å². The molecule has 0 aliphatic carbocycles. The minimum atomic E-state index is -0.536. The van der Waals surface area contributed by atoms with Gasteiger partial charge in [-0.2, -0.15) is 0 Å². The first-order chi connectivity index (χ1) is 11.0. The molecule has 118 valence electrons. The number of carbonyl (C=O) groups is 2. The average molecular weight is 330 g/mol. The second kappa shape index (κ2) is 6.05. The number of rotatable bonds is 4. The van der Waals surface area contributed by atoms with E-state index in [1.54, 1.807) is 12.1 Å². The van der Waals surface area contributed by atoms with E-state index in [1.165, 1.54) is 11.0 Å². The molecule has 2 aromatic rings. The lowest BCUT2D eigenvalue weighted by Gasteiger charge is -2.17. The Kier molecular flexibility index (Phi) is 4.09. The van der Waals surface area contributed by atoms with Gasteiger partial charge in [-0.25, -0.2) is 0 Å². The zero-order chi connectivity index (χ0) is 16.6. The summed E-state index contributed by atoms with van der Waals surface area (Å²) in [7, 11) is 0. The predicted molar refractivity (Wildman–Crippen MR) is 89.5 cm³/mol. The van der Waals surface area contributed by atoms with Gasteiger partial charge in [0.05, 0.1) is 17.8 Å². The van der Waals surface area contributed by atoms with E-state index in [-0.39, 0.29) is 0 Å². The Balaban J connectivity index is 1.72. The molecular weight excluding hydrogens is 314 g/mol. The molecule has 0 fully saturated rings.